The summed E-state index contributed by atoms with van der Waals surface area (Å²) in [6.45, 7) is -6.26. The largest absolute Gasteiger partial charge is 0.394 e. The van der Waals surface area contributed by atoms with Gasteiger partial charge in [-0.05, 0) is 0 Å². The fourth-order valence-corrected chi connectivity index (χ4v) is 12.0. The molecule has 0 spiro atoms. The molecule has 8 aliphatic rings. The van der Waals surface area contributed by atoms with Crippen LogP contribution in [-0.4, -0.2) is 433 Å². The first-order valence-corrected chi connectivity index (χ1v) is 30.1. The van der Waals surface area contributed by atoms with Gasteiger partial charge in [0, 0.05) is 13.8 Å². The van der Waals surface area contributed by atoms with Crippen LogP contribution in [0, 0.1) is 0 Å². The van der Waals surface area contributed by atoms with Crippen LogP contribution >= 0.6 is 0 Å². The molecule has 0 unspecified atom stereocenters. The number of carbonyl (C=O) groups is 2. The smallest absolute Gasteiger partial charge is 0.217 e. The van der Waals surface area contributed by atoms with E-state index in [1.54, 1.807) is 0 Å². The molecule has 8 aliphatic heterocycles. The molecule has 8 saturated heterocycles. The van der Waals surface area contributed by atoms with Gasteiger partial charge in [0.05, 0.1) is 52.9 Å². The van der Waals surface area contributed by atoms with Gasteiger partial charge in [-0.3, -0.25) is 9.59 Å². The number of nitrogens with one attached hydrogen (secondary N) is 2. The molecular formula is C52H88N2O41. The highest BCUT2D eigenvalue weighted by Crippen LogP contribution is 2.39. The molecule has 26 N–H and O–H groups in total. The van der Waals surface area contributed by atoms with Crippen LogP contribution in [0.1, 0.15) is 13.8 Å². The normalized spacial score (nSPS) is 50.8. The molecule has 552 valence electrons. The molecule has 43 nitrogen and oxygen atoms in total. The van der Waals surface area contributed by atoms with Crippen LogP contribution in [0.3, 0.4) is 0 Å². The second kappa shape index (κ2) is 33.9. The van der Waals surface area contributed by atoms with E-state index in [2.05, 4.69) is 10.6 Å². The molecule has 0 aromatic heterocycles. The van der Waals surface area contributed by atoms with Crippen LogP contribution in [0.15, 0.2) is 0 Å². The highest BCUT2D eigenvalue weighted by Gasteiger charge is 2.60. The summed E-state index contributed by atoms with van der Waals surface area (Å²) in [5, 5.41) is 267. The van der Waals surface area contributed by atoms with Crippen LogP contribution in [0.2, 0.25) is 0 Å². The van der Waals surface area contributed by atoms with E-state index >= 15 is 0 Å². The number of hydrogen-bond donors (Lipinski definition) is 26. The van der Waals surface area contributed by atoms with E-state index in [1.165, 1.54) is 0 Å². The summed E-state index contributed by atoms with van der Waals surface area (Å²) in [5.74, 6) is -1.68. The minimum Gasteiger partial charge on any atom is -0.394 e. The van der Waals surface area contributed by atoms with Crippen molar-refractivity contribution in [3.8, 4) is 0 Å². The summed E-state index contributed by atoms with van der Waals surface area (Å²) in [6, 6.07) is -3.49. The molecule has 8 heterocycles. The van der Waals surface area contributed by atoms with Crippen molar-refractivity contribution in [3.05, 3.63) is 0 Å². The molecule has 2 amide bonds. The number of amides is 2. The van der Waals surface area contributed by atoms with Crippen molar-refractivity contribution in [3.63, 3.8) is 0 Å². The van der Waals surface area contributed by atoms with Crippen LogP contribution in [0.25, 0.3) is 0 Å². The van der Waals surface area contributed by atoms with E-state index in [-0.39, 0.29) is 0 Å². The zero-order valence-corrected chi connectivity index (χ0v) is 50.4. The van der Waals surface area contributed by atoms with E-state index in [0.717, 1.165) is 13.8 Å². The summed E-state index contributed by atoms with van der Waals surface area (Å²) in [6.07, 6.45) is -78.9. The average molecular weight is 1400 g/mol. The first-order valence-electron chi connectivity index (χ1n) is 30.1. The van der Waals surface area contributed by atoms with Gasteiger partial charge in [0.15, 0.2) is 50.3 Å². The molecule has 40 atom stereocenters. The quantitative estimate of drug-likeness (QED) is 0.0427. The van der Waals surface area contributed by atoms with Gasteiger partial charge in [-0.1, -0.05) is 0 Å². The molecule has 8 rings (SSSR count). The number of aliphatic hydroxyl groups is 24. The Balaban J connectivity index is 1.15. The van der Waals surface area contributed by atoms with Crippen molar-refractivity contribution in [2.45, 2.75) is 259 Å². The van der Waals surface area contributed by atoms with Gasteiger partial charge in [0.1, 0.15) is 195 Å². The molecule has 0 bridgehead atoms. The second-order valence-corrected chi connectivity index (χ2v) is 23.9. The molecule has 0 saturated carbocycles. The van der Waals surface area contributed by atoms with Gasteiger partial charge in [-0.15, -0.1) is 0 Å². The molecular weight excluding hydrogens is 1310 g/mol. The summed E-state index contributed by atoms with van der Waals surface area (Å²) >= 11 is 0. The summed E-state index contributed by atoms with van der Waals surface area (Å²) in [5.41, 5.74) is 0. The Morgan fingerprint density at radius 3 is 1.02 bits per heavy atom. The van der Waals surface area contributed by atoms with Crippen LogP contribution in [0.4, 0.5) is 0 Å². The van der Waals surface area contributed by atoms with Gasteiger partial charge < -0.3 is 204 Å². The Morgan fingerprint density at radius 1 is 0.274 bits per heavy atom. The van der Waals surface area contributed by atoms with Crippen molar-refractivity contribution in [1.82, 2.24) is 10.6 Å². The van der Waals surface area contributed by atoms with Gasteiger partial charge in [0.25, 0.3) is 0 Å². The van der Waals surface area contributed by atoms with Gasteiger partial charge in [-0.25, -0.2) is 0 Å². The van der Waals surface area contributed by atoms with Crippen LogP contribution in [-0.2, 0) is 80.6 Å². The predicted octanol–water partition coefficient (Wildman–Crippen LogP) is -18.2. The molecule has 0 aromatic rings. The molecule has 0 radical (unpaired) electrons. The Bertz CT molecular complexity index is 2380. The maximum atomic E-state index is 12.8. The van der Waals surface area contributed by atoms with Crippen molar-refractivity contribution in [2.24, 2.45) is 0 Å². The number of aliphatic hydroxyl groups excluding tert-OH is 24. The Morgan fingerprint density at radius 2 is 0.568 bits per heavy atom. The van der Waals surface area contributed by atoms with Crippen LogP contribution < -0.4 is 10.6 Å². The van der Waals surface area contributed by atoms with Crippen molar-refractivity contribution >= 4 is 11.8 Å². The van der Waals surface area contributed by atoms with Gasteiger partial charge in [-0.2, -0.15) is 0 Å². The topological polar surface area (TPSA) is 682 Å². The Labute approximate surface area is 536 Å². The van der Waals surface area contributed by atoms with Crippen molar-refractivity contribution in [1.29, 1.82) is 0 Å². The number of hydrogen-bond acceptors (Lipinski definition) is 41. The van der Waals surface area contributed by atoms with E-state index < -0.39 is 310 Å². The third-order valence-corrected chi connectivity index (χ3v) is 17.4. The molecule has 0 aliphatic carbocycles. The van der Waals surface area contributed by atoms with E-state index in [4.69, 9.17) is 71.1 Å². The fourth-order valence-electron chi connectivity index (χ4n) is 12.0. The second-order valence-electron chi connectivity index (χ2n) is 23.9. The number of carbonyl (C=O) groups excluding carboxylic acids is 2. The lowest BCUT2D eigenvalue weighted by Gasteiger charge is -2.51. The first-order chi connectivity index (χ1) is 44.9. The van der Waals surface area contributed by atoms with Crippen LogP contribution in [0.5, 0.6) is 0 Å². The molecule has 8 fully saturated rings. The maximum absolute atomic E-state index is 12.8. The lowest BCUT2D eigenvalue weighted by atomic mass is 9.94. The Kier molecular flexibility index (Phi) is 27.9. The fraction of sp³-hybridized carbons (Fsp3) is 0.962. The van der Waals surface area contributed by atoms with E-state index in [1.807, 2.05) is 0 Å². The third kappa shape index (κ3) is 17.0. The minimum atomic E-state index is -2.54. The summed E-state index contributed by atoms with van der Waals surface area (Å²) in [7, 11) is 0. The van der Waals surface area contributed by atoms with Crippen molar-refractivity contribution < 1.29 is 203 Å². The predicted molar refractivity (Wildman–Crippen MR) is 288 cm³/mol. The SMILES string of the molecule is CC(=O)N[C@@H]1[C@@H](O)[C@H](O[C@@H]2O[C@H](CO)[C@@H](O[C@@H]3O[C@H](CO[C@H]4O[C@H](CO)[C@@H](O)[C@H](O)[C@@H]4O)[C@@H](O)[C@H](O[C@H]4O[C@H](CO[C@H]5O[C@H](CO)[C@@H](O)[C@H](O)[C@@H]5O)[C@@H](O)[C@H](O)[C@@H]4O[C@H]4O[C@H](CO)[C@@H](O)[C@H](O)[C@@H]4O[C@H]4O[C@H](CO)[C@@H](O)[C@H](O)[C@@H]4O)[C@@H]3O)[C@H](O)[C@H]2NC(C)=O)[C@@H](CO)O[C@H]1O. The van der Waals surface area contributed by atoms with Gasteiger partial charge >= 0.3 is 0 Å². The monoisotopic (exact) mass is 1400 g/mol. The minimum absolute atomic E-state index is 0.766. The highest BCUT2D eigenvalue weighted by molar-refractivity contribution is 5.73. The zero-order chi connectivity index (χ0) is 69.9. The highest BCUT2D eigenvalue weighted by atomic mass is 16.8. The average Bonchev–Trinajstić information content (AvgIpc) is 0.775. The van der Waals surface area contributed by atoms with Crippen molar-refractivity contribution in [2.75, 3.05) is 52.9 Å². The van der Waals surface area contributed by atoms with E-state index in [9.17, 15) is 132 Å². The molecule has 43 heteroatoms. The lowest BCUT2D eigenvalue weighted by Crippen LogP contribution is -2.70. The summed E-state index contributed by atoms with van der Waals surface area (Å²) < 4.78 is 87.0. The van der Waals surface area contributed by atoms with Gasteiger partial charge in [0.2, 0.25) is 11.8 Å². The van der Waals surface area contributed by atoms with E-state index in [0.29, 0.717) is 0 Å². The molecule has 95 heavy (non-hydrogen) atoms. The third-order valence-electron chi connectivity index (χ3n) is 17.4. The zero-order valence-electron chi connectivity index (χ0n) is 50.4. The maximum Gasteiger partial charge on any atom is 0.217 e. The Hall–Kier alpha value is -2.62. The number of ether oxygens (including phenoxy) is 15. The first kappa shape index (κ1) is 78.1. The number of rotatable bonds is 24. The summed E-state index contributed by atoms with van der Waals surface area (Å²) in [4.78, 5) is 24.9. The standard InChI is InChI=1S/C52H88N2O41/c1-11(61)53-21-29(69)40(17(7-59)83-45(21)80)91-46-22(54-12(2)62)30(70)41(18(8-60)88-46)92-50-39(79)42(28(68)20(89-50)10-82-48-37(77)32(72)24(64)14(4-56)85-48)93-52-44(35(75)27(67)19(90-52)9-81-47-36(76)31(71)23(63)13(3-55)84-47)95-51-43(34(74)26(66)16(6-58)87-51)94-49-38(78)33(73)25(65)15(5-57)86-49/h13-52,55-60,63-80H,3-10H2,1-2H3,(H,53,61)(H,54,62)/t13-,14-,15-,16-,17-,18-,19-,20-,21-,22-,23-,24-,25-,26-,27-,28-,29-,30-,31+,32+,33+,34+,35+,36+,37+,38+,39+,40-,41-,42+,43+,44+,45-,46+,47+,48+,49-,50+,51-,52-/m1/s1. The lowest BCUT2D eigenvalue weighted by molar-refractivity contribution is -0.409. The molecule has 0 aromatic carbocycles.